The van der Waals surface area contributed by atoms with Gasteiger partial charge in [0.15, 0.2) is 0 Å². The molecule has 4 heterocycles. The Morgan fingerprint density at radius 2 is 1.71 bits per heavy atom. The van der Waals surface area contributed by atoms with Crippen LogP contribution in [0.2, 0.25) is 0 Å². The minimum Gasteiger partial charge on any atom is -0.306 e. The van der Waals surface area contributed by atoms with Crippen molar-refractivity contribution in [3.63, 3.8) is 0 Å². The highest BCUT2D eigenvalue weighted by Crippen LogP contribution is 2.18. The number of nitrogens with zero attached hydrogens (tertiary/aromatic N) is 4. The average Bonchev–Trinajstić information content (AvgIpc) is 2.96. The number of rotatable bonds is 1. The zero-order valence-electron chi connectivity index (χ0n) is 13.7. The summed E-state index contributed by atoms with van der Waals surface area (Å²) in [5, 5.41) is 0. The number of hydrogen-bond acceptors (Lipinski definition) is 3. The van der Waals surface area contributed by atoms with Gasteiger partial charge in [0.25, 0.3) is 5.56 Å². The van der Waals surface area contributed by atoms with Gasteiger partial charge < -0.3 is 4.40 Å². The van der Waals surface area contributed by atoms with Gasteiger partial charge in [0, 0.05) is 30.2 Å². The molecule has 0 unspecified atom stereocenters. The summed E-state index contributed by atoms with van der Waals surface area (Å²) in [6.45, 7) is 5.92. The highest BCUT2D eigenvalue weighted by atomic mass is 19.1. The van der Waals surface area contributed by atoms with Crippen LogP contribution in [0.4, 0.5) is 4.39 Å². The second kappa shape index (κ2) is 6.23. The van der Waals surface area contributed by atoms with Crippen molar-refractivity contribution in [1.82, 2.24) is 18.8 Å². The van der Waals surface area contributed by atoms with E-state index in [2.05, 4.69) is 9.97 Å². The first-order valence-corrected chi connectivity index (χ1v) is 7.75. The van der Waals surface area contributed by atoms with Gasteiger partial charge in [0.05, 0.1) is 11.4 Å². The minimum absolute atomic E-state index is 0.318. The summed E-state index contributed by atoms with van der Waals surface area (Å²) < 4.78 is 16.3. The summed E-state index contributed by atoms with van der Waals surface area (Å²) in [6, 6.07) is 7.91. The van der Waals surface area contributed by atoms with Gasteiger partial charge in [-0.15, -0.1) is 0 Å². The number of imidazole rings is 1. The Hall–Kier alpha value is -3.02. The van der Waals surface area contributed by atoms with Crippen molar-refractivity contribution in [1.29, 1.82) is 0 Å². The highest BCUT2D eigenvalue weighted by Gasteiger charge is 2.07. The molecule has 0 aliphatic heterocycles. The van der Waals surface area contributed by atoms with E-state index in [1.165, 1.54) is 22.6 Å². The van der Waals surface area contributed by atoms with Crippen LogP contribution >= 0.6 is 0 Å². The van der Waals surface area contributed by atoms with Gasteiger partial charge in [-0.3, -0.25) is 9.20 Å². The van der Waals surface area contributed by atoms with Crippen LogP contribution in [0.25, 0.3) is 22.6 Å². The van der Waals surface area contributed by atoms with Gasteiger partial charge in [-0.05, 0) is 31.2 Å². The van der Waals surface area contributed by atoms with Gasteiger partial charge >= 0.3 is 0 Å². The molecule has 4 rings (SSSR count). The molecule has 0 fully saturated rings. The van der Waals surface area contributed by atoms with E-state index in [-0.39, 0.29) is 5.56 Å². The summed E-state index contributed by atoms with van der Waals surface area (Å²) in [6.07, 6.45) is 4.91. The van der Waals surface area contributed by atoms with Crippen molar-refractivity contribution in [2.75, 3.05) is 0 Å². The van der Waals surface area contributed by atoms with Gasteiger partial charge in [-0.2, -0.15) is 0 Å². The van der Waals surface area contributed by atoms with Crippen molar-refractivity contribution in [2.45, 2.75) is 20.8 Å². The van der Waals surface area contributed by atoms with Gasteiger partial charge in [0.2, 0.25) is 0 Å². The summed E-state index contributed by atoms with van der Waals surface area (Å²) in [5.41, 5.74) is 3.19. The zero-order chi connectivity index (χ0) is 17.3. The van der Waals surface area contributed by atoms with Gasteiger partial charge in [0.1, 0.15) is 17.1 Å². The number of hydrogen-bond donors (Lipinski definition) is 0. The second-order valence-electron chi connectivity index (χ2n) is 5.12. The lowest BCUT2D eigenvalue weighted by Crippen LogP contribution is -2.14. The summed E-state index contributed by atoms with van der Waals surface area (Å²) in [5.74, 6) is -0.473. The predicted octanol–water partition coefficient (Wildman–Crippen LogP) is 3.48. The predicted molar refractivity (Wildman–Crippen MR) is 91.7 cm³/mol. The Morgan fingerprint density at radius 1 is 0.958 bits per heavy atom. The van der Waals surface area contributed by atoms with E-state index >= 15 is 0 Å². The Kier molecular flexibility index (Phi) is 4.12. The van der Waals surface area contributed by atoms with Crippen molar-refractivity contribution in [3.8, 4) is 11.3 Å². The molecular formula is C18H17FN4O. The smallest absolute Gasteiger partial charge is 0.258 e. The maximum Gasteiger partial charge on any atom is 0.258 e. The van der Waals surface area contributed by atoms with Crippen molar-refractivity contribution in [2.24, 2.45) is 0 Å². The monoisotopic (exact) mass is 324 g/mol. The van der Waals surface area contributed by atoms with Gasteiger partial charge in [-0.1, -0.05) is 13.8 Å². The van der Waals surface area contributed by atoms with Gasteiger partial charge in [-0.25, -0.2) is 14.4 Å². The van der Waals surface area contributed by atoms with E-state index in [1.54, 1.807) is 0 Å². The van der Waals surface area contributed by atoms with Crippen LogP contribution in [-0.4, -0.2) is 18.8 Å². The SMILES string of the molecule is CC.Cc1cn2cc(-c3cc(=O)n4cc(F)ccc4n3)ccc2n1. The third kappa shape index (κ3) is 2.78. The average molecular weight is 324 g/mol. The molecule has 0 N–H and O–H groups in total. The fourth-order valence-corrected chi connectivity index (χ4v) is 2.49. The molecule has 0 spiro atoms. The Morgan fingerprint density at radius 3 is 2.50 bits per heavy atom. The molecule has 0 radical (unpaired) electrons. The van der Waals surface area contributed by atoms with Crippen molar-refractivity contribution in [3.05, 3.63) is 70.8 Å². The Labute approximate surface area is 138 Å². The lowest BCUT2D eigenvalue weighted by Gasteiger charge is -2.05. The number of halogens is 1. The third-order valence-corrected chi connectivity index (χ3v) is 3.49. The van der Waals surface area contributed by atoms with E-state index in [9.17, 15) is 9.18 Å². The number of aromatic nitrogens is 4. The molecule has 4 aromatic rings. The molecule has 0 atom stereocenters. The van der Waals surface area contributed by atoms with E-state index in [0.717, 1.165) is 23.1 Å². The van der Waals surface area contributed by atoms with Crippen LogP contribution in [0.15, 0.2) is 53.7 Å². The molecule has 0 bridgehead atoms. The zero-order valence-corrected chi connectivity index (χ0v) is 13.7. The van der Waals surface area contributed by atoms with E-state index in [1.807, 2.05) is 49.7 Å². The molecule has 4 aromatic heterocycles. The van der Waals surface area contributed by atoms with Crippen LogP contribution in [0.1, 0.15) is 19.5 Å². The van der Waals surface area contributed by atoms with Crippen LogP contribution < -0.4 is 5.56 Å². The van der Waals surface area contributed by atoms with E-state index < -0.39 is 5.82 Å². The standard InChI is InChI=1S/C16H11FN4O.C2H6/c1-10-7-20-8-11(2-4-14(20)18-10)13-6-16(22)21-9-12(17)3-5-15(21)19-13;1-2/h2-9H,1H3;1-2H3. The summed E-state index contributed by atoms with van der Waals surface area (Å²) in [7, 11) is 0. The van der Waals surface area contributed by atoms with Crippen LogP contribution in [0, 0.1) is 12.7 Å². The summed E-state index contributed by atoms with van der Waals surface area (Å²) >= 11 is 0. The fourth-order valence-electron chi connectivity index (χ4n) is 2.49. The third-order valence-electron chi connectivity index (χ3n) is 3.49. The lowest BCUT2D eigenvalue weighted by molar-refractivity contribution is 0.617. The van der Waals surface area contributed by atoms with Crippen LogP contribution in [0.5, 0.6) is 0 Å². The van der Waals surface area contributed by atoms with Crippen molar-refractivity contribution >= 4 is 11.3 Å². The molecule has 0 aliphatic rings. The first kappa shape index (κ1) is 15.9. The van der Waals surface area contributed by atoms with Crippen molar-refractivity contribution < 1.29 is 4.39 Å². The van der Waals surface area contributed by atoms with E-state index in [4.69, 9.17) is 0 Å². The number of pyridine rings is 2. The largest absolute Gasteiger partial charge is 0.306 e. The molecule has 0 aromatic carbocycles. The molecule has 0 saturated heterocycles. The topological polar surface area (TPSA) is 51.7 Å². The quantitative estimate of drug-likeness (QED) is 0.538. The lowest BCUT2D eigenvalue weighted by atomic mass is 10.2. The molecule has 5 nitrogen and oxygen atoms in total. The van der Waals surface area contributed by atoms with Crippen LogP contribution in [-0.2, 0) is 0 Å². The Balaban J connectivity index is 0.000000815. The summed E-state index contributed by atoms with van der Waals surface area (Å²) in [4.78, 5) is 20.9. The first-order chi connectivity index (χ1) is 11.6. The minimum atomic E-state index is -0.473. The maximum absolute atomic E-state index is 13.2. The highest BCUT2D eigenvalue weighted by molar-refractivity contribution is 5.63. The molecule has 0 aliphatic carbocycles. The molecule has 0 amide bonds. The number of fused-ring (bicyclic) bond motifs is 2. The molecule has 6 heteroatoms. The van der Waals surface area contributed by atoms with E-state index in [0.29, 0.717) is 11.3 Å². The molecule has 0 saturated carbocycles. The first-order valence-electron chi connectivity index (χ1n) is 7.75. The van der Waals surface area contributed by atoms with Crippen LogP contribution in [0.3, 0.4) is 0 Å². The normalized spacial score (nSPS) is 10.7. The molecular weight excluding hydrogens is 307 g/mol. The fraction of sp³-hybridized carbons (Fsp3) is 0.167. The molecule has 122 valence electrons. The number of aryl methyl sites for hydroxylation is 1. The maximum atomic E-state index is 13.2. The Bertz CT molecular complexity index is 1080. The molecule has 24 heavy (non-hydrogen) atoms. The second-order valence-corrected chi connectivity index (χ2v) is 5.12.